The highest BCUT2D eigenvalue weighted by Gasteiger charge is 2.21. The standard InChI is InChI=1S/C15H14ClNO5/c1-8-13(9(2)22-17-8)15(18)20-6-11-4-12(16)3-10-5-19-7-21-14(10)11/h3-4H,5-7H2,1-2H3. The van der Waals surface area contributed by atoms with E-state index in [1.54, 1.807) is 26.0 Å². The maximum Gasteiger partial charge on any atom is 0.344 e. The third-order valence-corrected chi connectivity index (χ3v) is 3.57. The van der Waals surface area contributed by atoms with Crippen LogP contribution in [0.2, 0.25) is 5.02 Å². The molecule has 0 atom stereocenters. The van der Waals surface area contributed by atoms with Crippen LogP contribution in [0.3, 0.4) is 0 Å². The molecule has 0 bridgehead atoms. The predicted octanol–water partition coefficient (Wildman–Crippen LogP) is 3.17. The van der Waals surface area contributed by atoms with Crippen LogP contribution in [0, 0.1) is 13.8 Å². The van der Waals surface area contributed by atoms with Gasteiger partial charge < -0.3 is 18.7 Å². The smallest absolute Gasteiger partial charge is 0.344 e. The summed E-state index contributed by atoms with van der Waals surface area (Å²) in [5.41, 5.74) is 2.38. The Labute approximate surface area is 131 Å². The molecule has 0 N–H and O–H groups in total. The van der Waals surface area contributed by atoms with Crippen molar-refractivity contribution < 1.29 is 23.5 Å². The topological polar surface area (TPSA) is 70.8 Å². The van der Waals surface area contributed by atoms with E-state index in [-0.39, 0.29) is 13.4 Å². The number of nitrogens with zero attached hydrogens (tertiary/aromatic N) is 1. The van der Waals surface area contributed by atoms with Crippen LogP contribution in [0.1, 0.15) is 32.9 Å². The fourth-order valence-corrected chi connectivity index (χ4v) is 2.62. The van der Waals surface area contributed by atoms with Crippen molar-refractivity contribution in [2.45, 2.75) is 27.1 Å². The van der Waals surface area contributed by atoms with E-state index in [1.807, 2.05) is 0 Å². The molecule has 0 aliphatic carbocycles. The quantitative estimate of drug-likeness (QED) is 0.808. The Kier molecular flexibility index (Phi) is 4.04. The largest absolute Gasteiger partial charge is 0.467 e. The van der Waals surface area contributed by atoms with Crippen LogP contribution in [0.5, 0.6) is 5.75 Å². The van der Waals surface area contributed by atoms with Gasteiger partial charge in [-0.1, -0.05) is 16.8 Å². The van der Waals surface area contributed by atoms with E-state index in [0.717, 1.165) is 5.56 Å². The summed E-state index contributed by atoms with van der Waals surface area (Å²) >= 11 is 6.07. The maximum absolute atomic E-state index is 12.2. The number of ether oxygens (including phenoxy) is 3. The molecule has 0 fully saturated rings. The molecule has 1 aliphatic rings. The van der Waals surface area contributed by atoms with Crippen molar-refractivity contribution in [1.82, 2.24) is 5.16 Å². The molecule has 3 rings (SSSR count). The van der Waals surface area contributed by atoms with Crippen LogP contribution in [0.4, 0.5) is 0 Å². The van der Waals surface area contributed by atoms with E-state index in [9.17, 15) is 4.79 Å². The first-order valence-electron chi connectivity index (χ1n) is 6.68. The van der Waals surface area contributed by atoms with E-state index in [0.29, 0.717) is 40.0 Å². The normalized spacial score (nSPS) is 13.4. The minimum Gasteiger partial charge on any atom is -0.467 e. The summed E-state index contributed by atoms with van der Waals surface area (Å²) in [6.45, 7) is 3.99. The van der Waals surface area contributed by atoms with Gasteiger partial charge in [0.2, 0.25) is 0 Å². The van der Waals surface area contributed by atoms with Crippen LogP contribution in [-0.4, -0.2) is 17.9 Å². The Morgan fingerprint density at radius 1 is 1.41 bits per heavy atom. The number of carbonyl (C=O) groups is 1. The van der Waals surface area contributed by atoms with Crippen molar-refractivity contribution >= 4 is 17.6 Å². The monoisotopic (exact) mass is 323 g/mol. The summed E-state index contributed by atoms with van der Waals surface area (Å²) in [6.07, 6.45) is 0. The molecule has 0 radical (unpaired) electrons. The lowest BCUT2D eigenvalue weighted by atomic mass is 10.1. The minimum atomic E-state index is -0.489. The number of carbonyl (C=O) groups excluding carboxylic acids is 1. The Morgan fingerprint density at radius 2 is 2.23 bits per heavy atom. The van der Waals surface area contributed by atoms with Gasteiger partial charge >= 0.3 is 5.97 Å². The van der Waals surface area contributed by atoms with Gasteiger partial charge in [-0.25, -0.2) is 4.79 Å². The number of esters is 1. The van der Waals surface area contributed by atoms with Crippen LogP contribution < -0.4 is 4.74 Å². The Balaban J connectivity index is 1.80. The summed E-state index contributed by atoms with van der Waals surface area (Å²) in [4.78, 5) is 12.2. The number of fused-ring (bicyclic) bond motifs is 1. The fourth-order valence-electron chi connectivity index (χ4n) is 2.35. The first-order valence-corrected chi connectivity index (χ1v) is 7.06. The van der Waals surface area contributed by atoms with Crippen molar-refractivity contribution in [3.63, 3.8) is 0 Å². The molecule has 1 aromatic heterocycles. The zero-order valence-electron chi connectivity index (χ0n) is 12.1. The van der Waals surface area contributed by atoms with Gasteiger partial charge in [-0.3, -0.25) is 0 Å². The second kappa shape index (κ2) is 5.98. The third-order valence-electron chi connectivity index (χ3n) is 3.35. The number of benzene rings is 1. The van der Waals surface area contributed by atoms with Crippen molar-refractivity contribution in [1.29, 1.82) is 0 Å². The van der Waals surface area contributed by atoms with E-state index >= 15 is 0 Å². The van der Waals surface area contributed by atoms with Gasteiger partial charge in [-0.15, -0.1) is 0 Å². The zero-order valence-corrected chi connectivity index (χ0v) is 12.9. The highest BCUT2D eigenvalue weighted by Crippen LogP contribution is 2.32. The van der Waals surface area contributed by atoms with Gasteiger partial charge in [0.1, 0.15) is 23.7 Å². The molecule has 2 aromatic rings. The predicted molar refractivity (Wildman–Crippen MR) is 76.8 cm³/mol. The van der Waals surface area contributed by atoms with Gasteiger partial charge in [-0.05, 0) is 26.0 Å². The average Bonchev–Trinajstić information content (AvgIpc) is 2.83. The van der Waals surface area contributed by atoms with Crippen LogP contribution >= 0.6 is 11.6 Å². The van der Waals surface area contributed by atoms with Crippen molar-refractivity contribution in [3.05, 3.63) is 45.3 Å². The van der Waals surface area contributed by atoms with Crippen LogP contribution in [0.25, 0.3) is 0 Å². The molecule has 0 amide bonds. The average molecular weight is 324 g/mol. The van der Waals surface area contributed by atoms with E-state index in [1.165, 1.54) is 0 Å². The number of aromatic nitrogens is 1. The van der Waals surface area contributed by atoms with E-state index < -0.39 is 5.97 Å². The van der Waals surface area contributed by atoms with Crippen LogP contribution in [0.15, 0.2) is 16.7 Å². The summed E-state index contributed by atoms with van der Waals surface area (Å²) in [5.74, 6) is 0.597. The van der Waals surface area contributed by atoms with Crippen molar-refractivity contribution in [2.24, 2.45) is 0 Å². The molecule has 1 aliphatic heterocycles. The molecular formula is C15H14ClNO5. The first-order chi connectivity index (χ1) is 10.6. The molecule has 0 saturated heterocycles. The highest BCUT2D eigenvalue weighted by atomic mass is 35.5. The van der Waals surface area contributed by atoms with Crippen molar-refractivity contribution in [3.8, 4) is 5.75 Å². The fraction of sp³-hybridized carbons (Fsp3) is 0.333. The summed E-state index contributed by atoms with van der Waals surface area (Å²) in [6, 6.07) is 3.49. The number of hydrogen-bond acceptors (Lipinski definition) is 6. The Morgan fingerprint density at radius 3 is 2.95 bits per heavy atom. The van der Waals surface area contributed by atoms with Gasteiger partial charge in [-0.2, -0.15) is 0 Å². The van der Waals surface area contributed by atoms with E-state index in [4.69, 9.17) is 30.3 Å². The summed E-state index contributed by atoms with van der Waals surface area (Å²) < 4.78 is 21.0. The van der Waals surface area contributed by atoms with E-state index in [2.05, 4.69) is 5.16 Å². The molecule has 0 saturated carbocycles. The van der Waals surface area contributed by atoms with Gasteiger partial charge in [0, 0.05) is 16.1 Å². The first kappa shape index (κ1) is 14.9. The summed E-state index contributed by atoms with van der Waals surface area (Å²) in [7, 11) is 0. The second-order valence-corrected chi connectivity index (χ2v) is 5.38. The lowest BCUT2D eigenvalue weighted by Crippen LogP contribution is -2.14. The zero-order chi connectivity index (χ0) is 15.7. The third kappa shape index (κ3) is 2.80. The molecule has 0 spiro atoms. The number of rotatable bonds is 3. The molecule has 116 valence electrons. The molecule has 1 aromatic carbocycles. The summed E-state index contributed by atoms with van der Waals surface area (Å²) in [5, 5.41) is 4.28. The molecule has 2 heterocycles. The number of halogens is 1. The molecular weight excluding hydrogens is 310 g/mol. The SMILES string of the molecule is Cc1noc(C)c1C(=O)OCc1cc(Cl)cc2c1OCOC2. The molecule has 6 nitrogen and oxygen atoms in total. The minimum absolute atomic E-state index is 0.0474. The maximum atomic E-state index is 12.2. The second-order valence-electron chi connectivity index (χ2n) is 4.94. The number of hydrogen-bond donors (Lipinski definition) is 0. The molecule has 0 unspecified atom stereocenters. The van der Waals surface area contributed by atoms with Crippen LogP contribution in [-0.2, 0) is 22.7 Å². The lowest BCUT2D eigenvalue weighted by Gasteiger charge is -2.21. The molecule has 7 heteroatoms. The van der Waals surface area contributed by atoms with Gasteiger partial charge in [0.15, 0.2) is 6.79 Å². The number of aryl methyl sites for hydroxylation is 2. The van der Waals surface area contributed by atoms with Crippen molar-refractivity contribution in [2.75, 3.05) is 6.79 Å². The Hall–Kier alpha value is -2.05. The Bertz CT molecular complexity index is 705. The molecule has 22 heavy (non-hydrogen) atoms. The highest BCUT2D eigenvalue weighted by molar-refractivity contribution is 6.30. The van der Waals surface area contributed by atoms with Gasteiger partial charge in [0.05, 0.1) is 12.3 Å². The lowest BCUT2D eigenvalue weighted by molar-refractivity contribution is -0.0180. The van der Waals surface area contributed by atoms with Gasteiger partial charge in [0.25, 0.3) is 0 Å².